The van der Waals surface area contributed by atoms with Crippen molar-refractivity contribution in [1.29, 1.82) is 0 Å². The molecule has 0 aliphatic carbocycles. The van der Waals surface area contributed by atoms with Crippen LogP contribution >= 0.6 is 0 Å². The van der Waals surface area contributed by atoms with E-state index in [0.717, 1.165) is 0 Å². The van der Waals surface area contributed by atoms with E-state index in [9.17, 15) is 32.4 Å². The number of ketones is 1. The summed E-state index contributed by atoms with van der Waals surface area (Å²) < 4.78 is 38.4. The lowest BCUT2D eigenvalue weighted by Gasteiger charge is -2.03. The smallest absolute Gasteiger partial charge is 0.302 e. The zero-order chi connectivity index (χ0) is 34.6. The lowest BCUT2D eigenvalue weighted by atomic mass is 10.6. The third-order valence-corrected chi connectivity index (χ3v) is 3.86. The first-order chi connectivity index (χ1) is 18.0. The quantitative estimate of drug-likeness (QED) is 0.419. The van der Waals surface area contributed by atoms with Gasteiger partial charge in [0.05, 0.1) is 28.4 Å². The average molecular weight is 628 g/mol. The minimum absolute atomic E-state index is 0.0926. The molecule has 0 aromatic carbocycles. The van der Waals surface area contributed by atoms with Crippen LogP contribution in [0.25, 0.3) is 0 Å². The molecule has 0 aromatic heterocycles. The third kappa shape index (κ3) is 137. The van der Waals surface area contributed by atoms with Crippen molar-refractivity contribution in [3.05, 3.63) is 0 Å². The summed E-state index contributed by atoms with van der Waals surface area (Å²) in [6, 6.07) is 0. The number of methoxy groups -OCH3 is 2. The number of carbonyl (C=O) groups excluding carboxylic acids is 5. The van der Waals surface area contributed by atoms with Gasteiger partial charge in [-0.15, -0.1) is 0 Å². The maximum Gasteiger partial charge on any atom is 0.302 e. The molecule has 0 spiro atoms. The van der Waals surface area contributed by atoms with Crippen LogP contribution in [0, 0.1) is 0 Å². The normalized spacial score (nSPS) is 9.30. The molecule has 2 amide bonds. The molecule has 0 radical (unpaired) electrons. The number of nitrogens with zero attached hydrogens (tertiary/aromatic N) is 3. The van der Waals surface area contributed by atoms with Crippen LogP contribution in [0.4, 0.5) is 0 Å². The Hall–Kier alpha value is -2.27. The summed E-state index contributed by atoms with van der Waals surface area (Å²) >= 11 is -2.32. The van der Waals surface area contributed by atoms with Crippen molar-refractivity contribution in [2.45, 2.75) is 55.4 Å². The monoisotopic (exact) mass is 627 g/mol. The van der Waals surface area contributed by atoms with Gasteiger partial charge < -0.3 is 24.1 Å². The van der Waals surface area contributed by atoms with Crippen molar-refractivity contribution in [2.75, 3.05) is 77.0 Å². The molecule has 0 aliphatic heterocycles. The zero-order valence-electron chi connectivity index (χ0n) is 28.1. The zero-order valence-corrected chi connectivity index (χ0v) is 29.8. The lowest BCUT2D eigenvalue weighted by molar-refractivity contribution is -0.138. The number of rotatable bonds is 3. The van der Waals surface area contributed by atoms with Crippen LogP contribution in [-0.4, -0.2) is 129 Å². The Morgan fingerprint density at radius 3 is 0.700 bits per heavy atom. The summed E-state index contributed by atoms with van der Waals surface area (Å²) in [7, 11) is 15.8. The highest BCUT2D eigenvalue weighted by molar-refractivity contribution is 7.79. The SMILES string of the molecule is CC.CC(=O)N(C)C.CC(=O)N(C)C.CC(C)=O.COC(C)=O.COC(C)=O.COS(=O)N(C)C.COS(C)=O. The summed E-state index contributed by atoms with van der Waals surface area (Å²) in [6.07, 6.45) is 1.47. The lowest BCUT2D eigenvalue weighted by Crippen LogP contribution is -2.17. The van der Waals surface area contributed by atoms with Gasteiger partial charge in [0.1, 0.15) is 5.78 Å². The van der Waals surface area contributed by atoms with E-state index < -0.39 is 22.3 Å². The molecule has 0 heterocycles. The van der Waals surface area contributed by atoms with E-state index in [-0.39, 0.29) is 29.5 Å². The second-order valence-electron chi connectivity index (χ2n) is 6.89. The molecule has 0 saturated carbocycles. The van der Waals surface area contributed by atoms with Crippen LogP contribution in [0.2, 0.25) is 0 Å². The minimum atomic E-state index is -1.25. The molecule has 0 aromatic rings. The Bertz CT molecular complexity index is 605. The highest BCUT2D eigenvalue weighted by Gasteiger charge is 1.95. The molecule has 2 atom stereocenters. The van der Waals surface area contributed by atoms with E-state index in [1.165, 1.54) is 90.3 Å². The standard InChI is InChI=1S/2C4H9NO.C3H9NO2S.2C3H6O2.C3H6O.C2H6O2S.C2H6/c2*1-4(6)5(2)3;1-4(2)7(5)6-3;2*1-3(4)5-2;1-3(2)4;1-4-5(2)3;1-2/h2*1-3H3;1-3H3;2*1-2H3;1-2H3;1-2H3;1-2H3. The van der Waals surface area contributed by atoms with Crippen molar-refractivity contribution in [3.63, 3.8) is 0 Å². The minimum Gasteiger partial charge on any atom is -0.469 e. The van der Waals surface area contributed by atoms with Gasteiger partial charge >= 0.3 is 11.9 Å². The largest absolute Gasteiger partial charge is 0.469 e. The summed E-state index contributed by atoms with van der Waals surface area (Å²) in [6.45, 7) is 12.8. The maximum atomic E-state index is 10.3. The van der Waals surface area contributed by atoms with E-state index in [2.05, 4.69) is 17.8 Å². The average Bonchev–Trinajstić information content (AvgIpc) is 2.85. The van der Waals surface area contributed by atoms with Gasteiger partial charge in [0, 0.05) is 76.2 Å². The molecule has 0 rings (SSSR count). The van der Waals surface area contributed by atoms with Gasteiger partial charge in [0.25, 0.3) is 0 Å². The molecular formula is C24H57N3O11S2. The summed E-state index contributed by atoms with van der Waals surface area (Å²) in [5, 5.41) is 0. The van der Waals surface area contributed by atoms with E-state index in [0.29, 0.717) is 0 Å². The number of hydrogen-bond donors (Lipinski definition) is 0. The molecule has 0 aliphatic rings. The molecule has 0 saturated heterocycles. The van der Waals surface area contributed by atoms with Crippen molar-refractivity contribution in [2.24, 2.45) is 0 Å². The molecule has 246 valence electrons. The van der Waals surface area contributed by atoms with Crippen molar-refractivity contribution < 1.29 is 50.2 Å². The Morgan fingerprint density at radius 1 is 0.550 bits per heavy atom. The van der Waals surface area contributed by atoms with Crippen LogP contribution in [0.15, 0.2) is 0 Å². The molecule has 40 heavy (non-hydrogen) atoms. The Labute approximate surface area is 248 Å². The fourth-order valence-corrected chi connectivity index (χ4v) is 0.447. The van der Waals surface area contributed by atoms with Crippen molar-refractivity contribution in [1.82, 2.24) is 14.1 Å². The molecule has 2 unspecified atom stereocenters. The molecule has 0 N–H and O–H groups in total. The maximum absolute atomic E-state index is 10.3. The van der Waals surface area contributed by atoms with Gasteiger partial charge in [-0.2, -0.15) is 0 Å². The summed E-state index contributed by atoms with van der Waals surface area (Å²) in [5.74, 6) is -0.139. The van der Waals surface area contributed by atoms with Crippen molar-refractivity contribution >= 4 is 51.9 Å². The summed E-state index contributed by atoms with van der Waals surface area (Å²) in [4.78, 5) is 51.8. The fourth-order valence-electron chi connectivity index (χ4n) is 0.149. The van der Waals surface area contributed by atoms with Crippen LogP contribution in [-0.2, 0) is 64.2 Å². The Balaban J connectivity index is -0.0000000495. The topological polar surface area (TPSA) is 166 Å². The predicted molar refractivity (Wildman–Crippen MR) is 162 cm³/mol. The van der Waals surface area contributed by atoms with Gasteiger partial charge in [-0.05, 0) is 13.8 Å². The number of hydrogen-bond acceptors (Lipinski definition) is 11. The Kier molecular flexibility index (Phi) is 67.1. The predicted octanol–water partition coefficient (Wildman–Crippen LogP) is 1.87. The van der Waals surface area contributed by atoms with Gasteiger partial charge in [-0.1, -0.05) is 13.8 Å². The van der Waals surface area contributed by atoms with Crippen LogP contribution in [0.3, 0.4) is 0 Å². The highest BCUT2D eigenvalue weighted by Crippen LogP contribution is 1.82. The molecule has 0 bridgehead atoms. The first-order valence-electron chi connectivity index (χ1n) is 11.4. The van der Waals surface area contributed by atoms with Crippen LogP contribution < -0.4 is 0 Å². The fraction of sp³-hybridized carbons (Fsp3) is 0.792. The molecular weight excluding hydrogens is 570 g/mol. The van der Waals surface area contributed by atoms with Crippen LogP contribution in [0.1, 0.15) is 55.4 Å². The van der Waals surface area contributed by atoms with Gasteiger partial charge in [0.15, 0.2) is 11.1 Å². The van der Waals surface area contributed by atoms with E-state index >= 15 is 0 Å². The number of Topliss-reactive ketones (excluding diaryl/α,β-unsaturated/α-hetero) is 1. The number of amides is 2. The summed E-state index contributed by atoms with van der Waals surface area (Å²) in [5.41, 5.74) is 0. The highest BCUT2D eigenvalue weighted by atomic mass is 32.2. The number of carbonyl (C=O) groups is 5. The van der Waals surface area contributed by atoms with Gasteiger partial charge in [0.2, 0.25) is 23.1 Å². The van der Waals surface area contributed by atoms with E-state index in [1.54, 1.807) is 42.3 Å². The number of esters is 2. The molecule has 16 heteroatoms. The van der Waals surface area contributed by atoms with Gasteiger partial charge in [-0.3, -0.25) is 27.5 Å². The number of ether oxygens (including phenoxy) is 2. The van der Waals surface area contributed by atoms with E-state index in [4.69, 9.17) is 0 Å². The molecule has 0 fully saturated rings. The van der Waals surface area contributed by atoms with Crippen molar-refractivity contribution in [3.8, 4) is 0 Å². The van der Waals surface area contributed by atoms with Crippen LogP contribution in [0.5, 0.6) is 0 Å². The van der Waals surface area contributed by atoms with E-state index in [1.807, 2.05) is 13.8 Å². The first-order valence-corrected chi connectivity index (χ1v) is 14.0. The molecule has 14 nitrogen and oxygen atoms in total. The second kappa shape index (κ2) is 46.6. The first kappa shape index (κ1) is 57.6. The second-order valence-corrected chi connectivity index (χ2v) is 9.52. The third-order valence-electron chi connectivity index (χ3n) is 2.51. The Morgan fingerprint density at radius 2 is 0.700 bits per heavy atom. The van der Waals surface area contributed by atoms with Gasteiger partial charge in [-0.25, -0.2) is 12.7 Å².